The molecule has 2 fully saturated rings. The summed E-state index contributed by atoms with van der Waals surface area (Å²) in [5, 5.41) is 6.36. The summed E-state index contributed by atoms with van der Waals surface area (Å²) in [6.45, 7) is 3.17. The van der Waals surface area contributed by atoms with E-state index in [0.29, 0.717) is 19.3 Å². The number of hydrogen-bond donors (Lipinski definition) is 2. The Labute approximate surface area is 193 Å². The summed E-state index contributed by atoms with van der Waals surface area (Å²) in [5.74, 6) is -0.834. The van der Waals surface area contributed by atoms with Crippen molar-refractivity contribution < 1.29 is 31.1 Å². The van der Waals surface area contributed by atoms with Crippen LogP contribution >= 0.6 is 0 Å². The second kappa shape index (κ2) is 9.44. The number of ether oxygens (including phenoxy) is 1. The van der Waals surface area contributed by atoms with Gasteiger partial charge in [0.25, 0.3) is 0 Å². The first kappa shape index (κ1) is 25.8. The summed E-state index contributed by atoms with van der Waals surface area (Å²) in [4.78, 5) is 12.4. The fourth-order valence-electron chi connectivity index (χ4n) is 4.99. The Morgan fingerprint density at radius 3 is 2.36 bits per heavy atom. The highest BCUT2D eigenvalue weighted by Crippen LogP contribution is 2.44. The largest absolute Gasteiger partial charge is 0.573 e. The molecule has 2 N–H and O–H groups in total. The van der Waals surface area contributed by atoms with Crippen molar-refractivity contribution in [3.05, 3.63) is 24.3 Å². The summed E-state index contributed by atoms with van der Waals surface area (Å²) < 4.78 is 66.7. The summed E-state index contributed by atoms with van der Waals surface area (Å²) >= 11 is 0. The Hall–Kier alpha value is -1.81. The molecule has 0 spiro atoms. The van der Waals surface area contributed by atoms with Crippen molar-refractivity contribution >= 4 is 15.7 Å². The van der Waals surface area contributed by atoms with Crippen LogP contribution in [0.25, 0.3) is 0 Å². The minimum atomic E-state index is -4.90. The maximum Gasteiger partial charge on any atom is 0.573 e. The number of nitrogens with one attached hydrogen (secondary N) is 2. The van der Waals surface area contributed by atoms with Crippen LogP contribution in [0.3, 0.4) is 0 Å². The molecule has 6 nitrogen and oxygen atoms in total. The number of amides is 1. The third-order valence-corrected chi connectivity index (χ3v) is 9.96. The molecule has 1 amide bonds. The third kappa shape index (κ3) is 5.82. The zero-order valence-corrected chi connectivity index (χ0v) is 20.1. The SMILES string of the molecule is CNC1(CC(=O)N[C@H]2C[C@@H](C(C)(C)S(=O)(=O)c3cccc(OC(F)(F)F)c3)C2)CCCCC1. The van der Waals surface area contributed by atoms with Crippen LogP contribution in [-0.4, -0.2) is 44.1 Å². The molecule has 3 rings (SSSR count). The van der Waals surface area contributed by atoms with Gasteiger partial charge in [-0.1, -0.05) is 25.3 Å². The summed E-state index contributed by atoms with van der Waals surface area (Å²) in [7, 11) is -2.05. The van der Waals surface area contributed by atoms with Crippen LogP contribution in [0.5, 0.6) is 5.75 Å². The monoisotopic (exact) mass is 490 g/mol. The quantitative estimate of drug-likeness (QED) is 0.566. The molecule has 186 valence electrons. The number of sulfone groups is 1. The number of carbonyl (C=O) groups is 1. The number of rotatable bonds is 8. The van der Waals surface area contributed by atoms with E-state index in [4.69, 9.17) is 0 Å². The zero-order chi connectivity index (χ0) is 24.5. The molecule has 0 bridgehead atoms. The lowest BCUT2D eigenvalue weighted by molar-refractivity contribution is -0.274. The smallest absolute Gasteiger partial charge is 0.406 e. The average Bonchev–Trinajstić information content (AvgIpc) is 2.69. The predicted octanol–water partition coefficient (Wildman–Crippen LogP) is 4.34. The van der Waals surface area contributed by atoms with Crippen LogP contribution in [0.1, 0.15) is 65.2 Å². The van der Waals surface area contributed by atoms with Gasteiger partial charge in [-0.15, -0.1) is 13.2 Å². The standard InChI is InChI=1S/C23H33F3N2O4S/c1-21(2,33(30,31)19-9-7-8-18(14-19)32-23(24,25)26)16-12-17(13-16)28-20(29)15-22(27-3)10-5-4-6-11-22/h7-9,14,16-17,27H,4-6,10-13,15H2,1-3H3,(H,28,29)/t16-,17+. The van der Waals surface area contributed by atoms with Crippen molar-refractivity contribution in [1.82, 2.24) is 10.6 Å². The topological polar surface area (TPSA) is 84.5 Å². The van der Waals surface area contributed by atoms with Gasteiger partial charge in [-0.05, 0) is 70.7 Å². The van der Waals surface area contributed by atoms with E-state index in [-0.39, 0.29) is 28.3 Å². The molecule has 0 heterocycles. The lowest BCUT2D eigenvalue weighted by atomic mass is 9.72. The van der Waals surface area contributed by atoms with Crippen LogP contribution in [-0.2, 0) is 14.6 Å². The second-order valence-corrected chi connectivity index (χ2v) is 12.4. The Morgan fingerprint density at radius 2 is 1.79 bits per heavy atom. The summed E-state index contributed by atoms with van der Waals surface area (Å²) in [5.41, 5.74) is -0.169. The number of carbonyl (C=O) groups excluding carboxylic acids is 1. The van der Waals surface area contributed by atoms with E-state index in [1.807, 2.05) is 7.05 Å². The molecule has 0 saturated heterocycles. The highest BCUT2D eigenvalue weighted by atomic mass is 32.2. The highest BCUT2D eigenvalue weighted by molar-refractivity contribution is 7.92. The summed E-state index contributed by atoms with van der Waals surface area (Å²) in [6, 6.07) is 4.38. The fraction of sp³-hybridized carbons (Fsp3) is 0.696. The van der Waals surface area contributed by atoms with Gasteiger partial charge in [0.1, 0.15) is 5.75 Å². The average molecular weight is 491 g/mol. The molecule has 33 heavy (non-hydrogen) atoms. The second-order valence-electron chi connectivity index (χ2n) is 9.83. The van der Waals surface area contributed by atoms with Gasteiger partial charge in [-0.2, -0.15) is 0 Å². The van der Waals surface area contributed by atoms with Crippen molar-refractivity contribution in [3.8, 4) is 5.75 Å². The number of hydrogen-bond acceptors (Lipinski definition) is 5. The highest BCUT2D eigenvalue weighted by Gasteiger charge is 2.49. The Kier molecular flexibility index (Phi) is 7.39. The first-order chi connectivity index (χ1) is 15.3. The van der Waals surface area contributed by atoms with Crippen LogP contribution in [0.2, 0.25) is 0 Å². The third-order valence-electron chi connectivity index (χ3n) is 7.37. The molecule has 0 radical (unpaired) electrons. The van der Waals surface area contributed by atoms with E-state index >= 15 is 0 Å². The molecule has 2 aliphatic rings. The fourth-order valence-corrected chi connectivity index (χ4v) is 6.76. The van der Waals surface area contributed by atoms with Gasteiger partial charge in [-0.25, -0.2) is 8.42 Å². The molecule has 1 aromatic carbocycles. The molecule has 2 aliphatic carbocycles. The van der Waals surface area contributed by atoms with Gasteiger partial charge < -0.3 is 15.4 Å². The number of alkyl halides is 3. The van der Waals surface area contributed by atoms with E-state index in [1.54, 1.807) is 13.8 Å². The normalized spacial score (nSPS) is 23.5. The van der Waals surface area contributed by atoms with Crippen molar-refractivity contribution in [2.75, 3.05) is 7.05 Å². The molecule has 0 unspecified atom stereocenters. The molecule has 0 aromatic heterocycles. The van der Waals surface area contributed by atoms with Gasteiger partial charge in [0.2, 0.25) is 5.91 Å². The molecule has 0 atom stereocenters. The van der Waals surface area contributed by atoms with Crippen LogP contribution < -0.4 is 15.4 Å². The van der Waals surface area contributed by atoms with Gasteiger partial charge in [0, 0.05) is 18.0 Å². The number of halogens is 3. The van der Waals surface area contributed by atoms with Crippen molar-refractivity contribution in [1.29, 1.82) is 0 Å². The lowest BCUT2D eigenvalue weighted by Gasteiger charge is -2.45. The predicted molar refractivity (Wildman–Crippen MR) is 119 cm³/mol. The van der Waals surface area contributed by atoms with Gasteiger partial charge in [-0.3, -0.25) is 4.79 Å². The van der Waals surface area contributed by atoms with Crippen molar-refractivity contribution in [2.45, 2.75) is 92.8 Å². The zero-order valence-electron chi connectivity index (χ0n) is 19.3. The molecule has 10 heteroatoms. The Bertz CT molecular complexity index is 951. The minimum absolute atomic E-state index is 0.0348. The van der Waals surface area contributed by atoms with E-state index in [0.717, 1.165) is 37.8 Å². The van der Waals surface area contributed by atoms with Crippen molar-refractivity contribution in [2.24, 2.45) is 5.92 Å². The van der Waals surface area contributed by atoms with Crippen LogP contribution in [0, 0.1) is 5.92 Å². The van der Waals surface area contributed by atoms with E-state index in [1.165, 1.54) is 18.6 Å². The van der Waals surface area contributed by atoms with Gasteiger partial charge in [0.05, 0.1) is 9.64 Å². The molecular weight excluding hydrogens is 457 g/mol. The molecule has 1 aromatic rings. The molecule has 2 saturated carbocycles. The maximum atomic E-state index is 13.2. The Balaban J connectivity index is 1.61. The van der Waals surface area contributed by atoms with Gasteiger partial charge >= 0.3 is 6.36 Å². The summed E-state index contributed by atoms with van der Waals surface area (Å²) in [6.07, 6.45) is 1.82. The number of benzene rings is 1. The van der Waals surface area contributed by atoms with E-state index < -0.39 is 26.7 Å². The molecule has 0 aliphatic heterocycles. The molecular formula is C23H33F3N2O4S. The Morgan fingerprint density at radius 1 is 1.15 bits per heavy atom. The van der Waals surface area contributed by atoms with Crippen LogP contribution in [0.4, 0.5) is 13.2 Å². The maximum absolute atomic E-state index is 13.2. The van der Waals surface area contributed by atoms with Crippen LogP contribution in [0.15, 0.2) is 29.2 Å². The lowest BCUT2D eigenvalue weighted by Crippen LogP contribution is -2.55. The first-order valence-electron chi connectivity index (χ1n) is 11.4. The van der Waals surface area contributed by atoms with Crippen molar-refractivity contribution in [3.63, 3.8) is 0 Å². The minimum Gasteiger partial charge on any atom is -0.406 e. The van der Waals surface area contributed by atoms with Gasteiger partial charge in [0.15, 0.2) is 9.84 Å². The first-order valence-corrected chi connectivity index (χ1v) is 12.8. The van der Waals surface area contributed by atoms with E-state index in [2.05, 4.69) is 15.4 Å². The van der Waals surface area contributed by atoms with E-state index in [9.17, 15) is 26.4 Å².